The zero-order valence-corrected chi connectivity index (χ0v) is 12.5. The highest BCUT2D eigenvalue weighted by molar-refractivity contribution is 6.18. The van der Waals surface area contributed by atoms with E-state index in [1.807, 2.05) is 0 Å². The third-order valence-electron chi connectivity index (χ3n) is 3.33. The fourth-order valence-electron chi connectivity index (χ4n) is 1.86. The Kier molecular flexibility index (Phi) is 7.40. The summed E-state index contributed by atoms with van der Waals surface area (Å²) in [5, 5.41) is 0.147. The van der Waals surface area contributed by atoms with E-state index in [1.165, 1.54) is 32.1 Å². The molecule has 0 nitrogen and oxygen atoms in total. The summed E-state index contributed by atoms with van der Waals surface area (Å²) >= 11 is 0. The molecule has 0 aliphatic rings. The maximum absolute atomic E-state index is 3.95. The monoisotopic (exact) mass is 222 g/mol. The molecule has 0 spiro atoms. The lowest BCUT2D eigenvalue weighted by Gasteiger charge is -2.30. The Balaban J connectivity index is 4.17. The summed E-state index contributed by atoms with van der Waals surface area (Å²) in [5.74, 6) is 0.538. The van der Waals surface area contributed by atoms with Crippen molar-refractivity contribution in [2.24, 2.45) is 5.92 Å². The summed E-state index contributed by atoms with van der Waals surface area (Å²) in [4.78, 5) is 0. The molecule has 15 heavy (non-hydrogen) atoms. The van der Waals surface area contributed by atoms with Crippen LogP contribution in [-0.4, -0.2) is 10.2 Å². The minimum atomic E-state index is 0.147. The van der Waals surface area contributed by atoms with Gasteiger partial charge in [0.15, 0.2) is 0 Å². The van der Waals surface area contributed by atoms with Crippen LogP contribution in [-0.2, 0) is 0 Å². The normalized spacial score (nSPS) is 13.4. The third kappa shape index (κ3) is 4.65. The molecule has 0 radical (unpaired) electrons. The molecule has 86 valence electrons. The van der Waals surface area contributed by atoms with E-state index in [0.29, 0.717) is 5.92 Å². The van der Waals surface area contributed by atoms with Crippen LogP contribution in [0.3, 0.4) is 0 Å². The quantitative estimate of drug-likeness (QED) is 0.317. The largest absolute Gasteiger partial charge is 0.103 e. The highest BCUT2D eigenvalue weighted by atomic mass is 28.1. The Morgan fingerprint density at radius 3 is 2.13 bits per heavy atom. The Bertz CT molecular complexity index is 197. The molecule has 1 atom stereocenters. The fourth-order valence-corrected chi connectivity index (χ4v) is 2.38. The number of hydrogen-bond acceptors (Lipinski definition) is 0. The molecule has 0 amide bonds. The fraction of sp³-hybridized carbons (Fsp3) is 0.571. The average Bonchev–Trinajstić information content (AvgIpc) is 2.28. The molecular weight excluding hydrogens is 196 g/mol. The second kappa shape index (κ2) is 7.69. The predicted octanol–water partition coefficient (Wildman–Crippen LogP) is 3.66. The molecule has 1 unspecified atom stereocenters. The van der Waals surface area contributed by atoms with Gasteiger partial charge < -0.3 is 0 Å². The molecule has 0 rings (SSSR count). The Labute approximate surface area is 98.6 Å². The standard InChI is InChI=1S/C14H26Si/c1-5-9-10-11-12-13(6-2)14(15,7-3)8-4/h6-8,13H,2-5,9-12H2,1,15H3. The predicted molar refractivity (Wildman–Crippen MR) is 75.5 cm³/mol. The van der Waals surface area contributed by atoms with Crippen molar-refractivity contribution in [2.45, 2.75) is 44.1 Å². The minimum absolute atomic E-state index is 0.147. The number of rotatable bonds is 9. The number of allylic oxidation sites excluding steroid dienone is 3. The van der Waals surface area contributed by atoms with Gasteiger partial charge in [-0.25, -0.2) is 0 Å². The van der Waals surface area contributed by atoms with Gasteiger partial charge in [-0.15, -0.1) is 19.7 Å². The van der Waals surface area contributed by atoms with Gasteiger partial charge in [-0.05, 0) is 17.4 Å². The lowest BCUT2D eigenvalue weighted by molar-refractivity contribution is 0.490. The summed E-state index contributed by atoms with van der Waals surface area (Å²) in [7, 11) is 1.07. The summed E-state index contributed by atoms with van der Waals surface area (Å²) in [6, 6.07) is 0. The Hall–Kier alpha value is -0.563. The van der Waals surface area contributed by atoms with Crippen LogP contribution < -0.4 is 0 Å². The van der Waals surface area contributed by atoms with Gasteiger partial charge in [0.25, 0.3) is 0 Å². The van der Waals surface area contributed by atoms with Crippen LogP contribution in [0.15, 0.2) is 38.0 Å². The van der Waals surface area contributed by atoms with E-state index in [2.05, 4.69) is 44.9 Å². The summed E-state index contributed by atoms with van der Waals surface area (Å²) in [6.07, 6.45) is 12.7. The van der Waals surface area contributed by atoms with E-state index in [0.717, 1.165) is 10.2 Å². The second-order valence-corrected chi connectivity index (χ2v) is 6.20. The zero-order chi connectivity index (χ0) is 11.7. The highest BCUT2D eigenvalue weighted by Gasteiger charge is 2.24. The topological polar surface area (TPSA) is 0 Å². The molecule has 1 heteroatoms. The van der Waals surface area contributed by atoms with Gasteiger partial charge >= 0.3 is 0 Å². The van der Waals surface area contributed by atoms with Crippen molar-refractivity contribution < 1.29 is 0 Å². The molecule has 0 heterocycles. The van der Waals surface area contributed by atoms with Crippen LogP contribution >= 0.6 is 0 Å². The van der Waals surface area contributed by atoms with Gasteiger partial charge in [0.2, 0.25) is 0 Å². The second-order valence-electron chi connectivity index (χ2n) is 4.47. The lowest BCUT2D eigenvalue weighted by atomic mass is 9.86. The van der Waals surface area contributed by atoms with Gasteiger partial charge in [0.1, 0.15) is 0 Å². The average molecular weight is 222 g/mol. The van der Waals surface area contributed by atoms with Crippen LogP contribution in [0.1, 0.15) is 39.0 Å². The highest BCUT2D eigenvalue weighted by Crippen LogP contribution is 2.38. The van der Waals surface area contributed by atoms with Crippen molar-refractivity contribution in [2.75, 3.05) is 0 Å². The molecule has 0 aliphatic carbocycles. The van der Waals surface area contributed by atoms with Crippen molar-refractivity contribution in [3.63, 3.8) is 0 Å². The first kappa shape index (κ1) is 14.4. The Morgan fingerprint density at radius 2 is 1.73 bits per heavy atom. The maximum Gasteiger partial charge on any atom is 0.0209 e. The van der Waals surface area contributed by atoms with Crippen molar-refractivity contribution in [1.29, 1.82) is 0 Å². The van der Waals surface area contributed by atoms with E-state index in [1.54, 1.807) is 0 Å². The van der Waals surface area contributed by atoms with Crippen LogP contribution in [0.5, 0.6) is 0 Å². The Morgan fingerprint density at radius 1 is 1.13 bits per heavy atom. The van der Waals surface area contributed by atoms with Crippen LogP contribution in [0.25, 0.3) is 0 Å². The van der Waals surface area contributed by atoms with E-state index >= 15 is 0 Å². The molecule has 0 saturated heterocycles. The van der Waals surface area contributed by atoms with Crippen LogP contribution in [0.4, 0.5) is 0 Å². The van der Waals surface area contributed by atoms with Crippen molar-refractivity contribution in [1.82, 2.24) is 0 Å². The number of unbranched alkanes of at least 4 members (excludes halogenated alkanes) is 3. The van der Waals surface area contributed by atoms with Crippen molar-refractivity contribution >= 4 is 10.2 Å². The van der Waals surface area contributed by atoms with E-state index in [4.69, 9.17) is 0 Å². The first-order valence-electron chi connectivity index (χ1n) is 6.04. The first-order valence-corrected chi connectivity index (χ1v) is 7.04. The zero-order valence-electron chi connectivity index (χ0n) is 10.5. The van der Waals surface area contributed by atoms with Crippen molar-refractivity contribution in [3.8, 4) is 0 Å². The van der Waals surface area contributed by atoms with Crippen LogP contribution in [0.2, 0.25) is 5.04 Å². The molecule has 0 aliphatic heterocycles. The lowest BCUT2D eigenvalue weighted by Crippen LogP contribution is -2.17. The summed E-state index contributed by atoms with van der Waals surface area (Å²) < 4.78 is 0. The summed E-state index contributed by atoms with van der Waals surface area (Å²) in [6.45, 7) is 14.1. The van der Waals surface area contributed by atoms with Gasteiger partial charge in [0, 0.05) is 10.2 Å². The van der Waals surface area contributed by atoms with Gasteiger partial charge in [-0.3, -0.25) is 0 Å². The van der Waals surface area contributed by atoms with Gasteiger partial charge in [-0.2, -0.15) is 0 Å². The molecule has 0 aromatic heterocycles. The van der Waals surface area contributed by atoms with E-state index < -0.39 is 0 Å². The third-order valence-corrected chi connectivity index (χ3v) is 4.89. The SMILES string of the molecule is C=CC(CCCCCC)C([SiH3])(C=C)C=C. The smallest absolute Gasteiger partial charge is 0.0209 e. The number of hydrogen-bond donors (Lipinski definition) is 0. The van der Waals surface area contributed by atoms with E-state index in [9.17, 15) is 0 Å². The van der Waals surface area contributed by atoms with Crippen LogP contribution in [0, 0.1) is 5.92 Å². The molecular formula is C14H26Si. The molecule has 0 aromatic rings. The molecule has 0 bridgehead atoms. The minimum Gasteiger partial charge on any atom is -0.103 e. The maximum atomic E-state index is 3.95. The molecule has 0 fully saturated rings. The summed E-state index contributed by atoms with van der Waals surface area (Å²) in [5.41, 5.74) is 0. The van der Waals surface area contributed by atoms with Gasteiger partial charge in [0.05, 0.1) is 0 Å². The molecule has 0 N–H and O–H groups in total. The van der Waals surface area contributed by atoms with Crippen molar-refractivity contribution in [3.05, 3.63) is 38.0 Å². The molecule has 0 saturated carbocycles. The van der Waals surface area contributed by atoms with Gasteiger partial charge in [-0.1, -0.05) is 50.8 Å². The molecule has 0 aromatic carbocycles. The van der Waals surface area contributed by atoms with E-state index in [-0.39, 0.29) is 5.04 Å². The first-order chi connectivity index (χ1) is 7.14.